The zero-order valence-electron chi connectivity index (χ0n) is 12.3. The Morgan fingerprint density at radius 1 is 1.18 bits per heavy atom. The number of hydrogen-bond acceptors (Lipinski definition) is 2. The van der Waals surface area contributed by atoms with E-state index in [1.807, 2.05) is 18.2 Å². The van der Waals surface area contributed by atoms with E-state index in [-0.39, 0.29) is 0 Å². The van der Waals surface area contributed by atoms with Crippen molar-refractivity contribution in [3.8, 4) is 11.8 Å². The second-order valence-corrected chi connectivity index (χ2v) is 6.11. The van der Waals surface area contributed by atoms with Crippen molar-refractivity contribution >= 4 is 39.3 Å². The topological polar surface area (TPSA) is 31.9 Å². The minimum absolute atomic E-state index is 0.877. The van der Waals surface area contributed by atoms with Gasteiger partial charge < -0.3 is 9.88 Å². The maximum Gasteiger partial charge on any atom is 0.138 e. The predicted molar refractivity (Wildman–Crippen MR) is 101 cm³/mol. The maximum atomic E-state index is 4.28. The van der Waals surface area contributed by atoms with Gasteiger partial charge in [-0.2, -0.15) is 0 Å². The average molecular weight is 401 g/mol. The Morgan fingerprint density at radius 3 is 2.73 bits per heavy atom. The van der Waals surface area contributed by atoms with E-state index in [2.05, 4.69) is 80.6 Å². The van der Waals surface area contributed by atoms with E-state index in [0.29, 0.717) is 0 Å². The van der Waals surface area contributed by atoms with E-state index in [9.17, 15) is 0 Å². The van der Waals surface area contributed by atoms with Crippen LogP contribution in [0.2, 0.25) is 0 Å². The van der Waals surface area contributed by atoms with Gasteiger partial charge in [-0.15, -0.1) is 0 Å². The van der Waals surface area contributed by atoms with Crippen molar-refractivity contribution < 1.29 is 0 Å². The molecule has 2 heterocycles. The molecule has 0 amide bonds. The molecular weight excluding hydrogens is 385 g/mol. The number of nitrogens with one attached hydrogen (secondary N) is 1. The number of H-pyrrole nitrogens is 1. The quantitative estimate of drug-likeness (QED) is 0.411. The first-order chi connectivity index (χ1) is 10.8. The zero-order chi connectivity index (χ0) is 15.4. The molecule has 0 fully saturated rings. The summed E-state index contributed by atoms with van der Waals surface area (Å²) in [5, 5.41) is 1.09. The molecule has 0 spiro atoms. The second-order valence-electron chi connectivity index (χ2n) is 5.03. The Kier molecular flexibility index (Phi) is 4.64. The number of fused-ring (bicyclic) bond motifs is 1. The number of pyridine rings is 1. The first-order valence-electron chi connectivity index (χ1n) is 7.09. The minimum Gasteiger partial charge on any atom is -0.374 e. The number of alkyl halides is 1. The monoisotopic (exact) mass is 401 g/mol. The fraction of sp³-hybridized carbons (Fsp3) is 0.167. The summed E-state index contributed by atoms with van der Waals surface area (Å²) < 4.78 is 1.12. The molecule has 0 aliphatic carbocycles. The van der Waals surface area contributed by atoms with Gasteiger partial charge in [0, 0.05) is 40.9 Å². The van der Waals surface area contributed by atoms with Gasteiger partial charge in [-0.3, -0.25) is 0 Å². The summed E-state index contributed by atoms with van der Waals surface area (Å²) in [6, 6.07) is 14.3. The molecule has 0 saturated heterocycles. The van der Waals surface area contributed by atoms with Crippen LogP contribution >= 0.6 is 22.6 Å². The van der Waals surface area contributed by atoms with Gasteiger partial charge in [-0.25, -0.2) is 4.98 Å². The largest absolute Gasteiger partial charge is 0.374 e. The summed E-state index contributed by atoms with van der Waals surface area (Å²) in [6.45, 7) is 1.05. The molecule has 0 radical (unpaired) electrons. The number of anilines is 1. The summed E-state index contributed by atoms with van der Waals surface area (Å²) in [6.07, 6.45) is 1.78. The Labute approximate surface area is 143 Å². The summed E-state index contributed by atoms with van der Waals surface area (Å²) in [5.74, 6) is 6.35. The fourth-order valence-corrected chi connectivity index (χ4v) is 2.94. The van der Waals surface area contributed by atoms with Crippen LogP contribution in [0, 0.1) is 11.8 Å². The fourth-order valence-electron chi connectivity index (χ4n) is 2.22. The highest BCUT2D eigenvalue weighted by Crippen LogP contribution is 2.14. The molecule has 0 bridgehead atoms. The van der Waals surface area contributed by atoms with Crippen molar-refractivity contribution in [3.63, 3.8) is 0 Å². The zero-order valence-corrected chi connectivity index (χ0v) is 14.5. The van der Waals surface area contributed by atoms with Crippen LogP contribution in [-0.4, -0.2) is 28.0 Å². The van der Waals surface area contributed by atoms with Crippen LogP contribution < -0.4 is 4.90 Å². The minimum atomic E-state index is 0.877. The van der Waals surface area contributed by atoms with Crippen LogP contribution in [0.4, 0.5) is 5.69 Å². The smallest absolute Gasteiger partial charge is 0.138 e. The lowest BCUT2D eigenvalue weighted by Crippen LogP contribution is -2.19. The molecule has 1 N–H and O–H groups in total. The first-order valence-corrected chi connectivity index (χ1v) is 8.62. The van der Waals surface area contributed by atoms with Crippen LogP contribution in [0.3, 0.4) is 0 Å². The van der Waals surface area contributed by atoms with E-state index in [1.54, 1.807) is 6.20 Å². The average Bonchev–Trinajstić information content (AvgIpc) is 2.96. The summed E-state index contributed by atoms with van der Waals surface area (Å²) >= 11 is 2.39. The number of aromatic nitrogens is 2. The maximum absolute atomic E-state index is 4.28. The van der Waals surface area contributed by atoms with Crippen molar-refractivity contribution in [1.82, 2.24) is 9.97 Å². The van der Waals surface area contributed by atoms with E-state index < -0.39 is 0 Å². The molecule has 4 heteroatoms. The summed E-state index contributed by atoms with van der Waals surface area (Å²) in [5.41, 5.74) is 4.00. The molecule has 22 heavy (non-hydrogen) atoms. The van der Waals surface area contributed by atoms with E-state index >= 15 is 0 Å². The lowest BCUT2D eigenvalue weighted by molar-refractivity contribution is 0.987. The first kappa shape index (κ1) is 14.9. The highest BCUT2D eigenvalue weighted by Gasteiger charge is 1.99. The number of hydrogen-bond donors (Lipinski definition) is 1. The van der Waals surface area contributed by atoms with Crippen molar-refractivity contribution in [3.05, 3.63) is 59.9 Å². The Balaban J connectivity index is 1.78. The molecule has 0 unspecified atom stereocenters. The van der Waals surface area contributed by atoms with E-state index in [4.69, 9.17) is 0 Å². The molecule has 0 aliphatic rings. The molecule has 0 atom stereocenters. The predicted octanol–water partition coefficient (Wildman–Crippen LogP) is 3.83. The molecule has 0 saturated carbocycles. The summed E-state index contributed by atoms with van der Waals surface area (Å²) in [7, 11) is 2.11. The third kappa shape index (κ3) is 3.42. The van der Waals surface area contributed by atoms with E-state index in [1.165, 1.54) is 5.69 Å². The second kappa shape index (κ2) is 6.84. The number of aromatic amines is 1. The SMILES string of the molecule is CN(CCI)c1ccc(C#Cc2cc3cccnc3[nH]2)cc1. The van der Waals surface area contributed by atoms with Crippen LogP contribution in [0.25, 0.3) is 11.0 Å². The van der Waals surface area contributed by atoms with Crippen molar-refractivity contribution in [2.45, 2.75) is 0 Å². The van der Waals surface area contributed by atoms with Crippen LogP contribution in [0.1, 0.15) is 11.3 Å². The standard InChI is InChI=1S/C18H16IN3/c1-22(12-10-19)17-8-5-14(6-9-17)4-7-16-13-15-3-2-11-20-18(15)21-16/h2-3,5-6,8-9,11,13H,10,12H2,1H3,(H,20,21). The Morgan fingerprint density at radius 2 is 2.00 bits per heavy atom. The van der Waals surface area contributed by atoms with Crippen LogP contribution in [-0.2, 0) is 0 Å². The lowest BCUT2D eigenvalue weighted by Gasteiger charge is -2.17. The molecule has 110 valence electrons. The van der Waals surface area contributed by atoms with Crippen molar-refractivity contribution in [1.29, 1.82) is 0 Å². The van der Waals surface area contributed by atoms with Gasteiger partial charge in [0.05, 0.1) is 5.69 Å². The van der Waals surface area contributed by atoms with Crippen molar-refractivity contribution in [2.75, 3.05) is 22.9 Å². The number of halogens is 1. The lowest BCUT2D eigenvalue weighted by atomic mass is 10.2. The van der Waals surface area contributed by atoms with Gasteiger partial charge in [0.15, 0.2) is 0 Å². The van der Waals surface area contributed by atoms with Gasteiger partial charge in [0.1, 0.15) is 5.65 Å². The summed E-state index contributed by atoms with van der Waals surface area (Å²) in [4.78, 5) is 9.74. The van der Waals surface area contributed by atoms with E-state index in [0.717, 1.165) is 33.3 Å². The molecule has 3 rings (SSSR count). The molecule has 3 aromatic rings. The van der Waals surface area contributed by atoms with Gasteiger partial charge in [0.2, 0.25) is 0 Å². The molecular formula is C18H16IN3. The van der Waals surface area contributed by atoms with Gasteiger partial charge >= 0.3 is 0 Å². The molecule has 3 nitrogen and oxygen atoms in total. The van der Waals surface area contributed by atoms with Gasteiger partial charge in [-0.05, 0) is 48.4 Å². The Hall–Kier alpha value is -2.00. The number of rotatable bonds is 3. The highest BCUT2D eigenvalue weighted by molar-refractivity contribution is 14.1. The molecule has 1 aromatic carbocycles. The number of benzene rings is 1. The normalized spacial score (nSPS) is 10.3. The van der Waals surface area contributed by atoms with Crippen LogP contribution in [0.5, 0.6) is 0 Å². The third-order valence-corrected chi connectivity index (χ3v) is 3.94. The van der Waals surface area contributed by atoms with Crippen LogP contribution in [0.15, 0.2) is 48.7 Å². The molecule has 2 aromatic heterocycles. The molecule has 0 aliphatic heterocycles. The van der Waals surface area contributed by atoms with Crippen molar-refractivity contribution in [2.24, 2.45) is 0 Å². The highest BCUT2D eigenvalue weighted by atomic mass is 127. The number of nitrogens with zero attached hydrogens (tertiary/aromatic N) is 2. The van der Waals surface area contributed by atoms with Gasteiger partial charge in [0.25, 0.3) is 0 Å². The Bertz CT molecular complexity index is 792. The third-order valence-electron chi connectivity index (χ3n) is 3.46. The van der Waals surface area contributed by atoms with Gasteiger partial charge in [-0.1, -0.05) is 28.5 Å².